The first-order valence-electron chi connectivity index (χ1n) is 8.77. The van der Waals surface area contributed by atoms with Crippen LogP contribution in [0.25, 0.3) is 0 Å². The van der Waals surface area contributed by atoms with Crippen LogP contribution in [0.5, 0.6) is 0 Å². The molecule has 1 heterocycles. The van der Waals surface area contributed by atoms with Crippen molar-refractivity contribution < 1.29 is 9.59 Å². The predicted molar refractivity (Wildman–Crippen MR) is 103 cm³/mol. The van der Waals surface area contributed by atoms with E-state index in [9.17, 15) is 9.59 Å². The summed E-state index contributed by atoms with van der Waals surface area (Å²) >= 11 is 0. The van der Waals surface area contributed by atoms with Gasteiger partial charge in [0, 0.05) is 11.6 Å². The van der Waals surface area contributed by atoms with Crippen LogP contribution in [0.2, 0.25) is 0 Å². The SMILES string of the molecule is Cc1ccccc1C(=O)NC(C(=O)NC1CCNCC1C)C(C)C.Cl. The Morgan fingerprint density at radius 2 is 1.92 bits per heavy atom. The van der Waals surface area contributed by atoms with Crippen LogP contribution >= 0.6 is 12.4 Å². The van der Waals surface area contributed by atoms with Gasteiger partial charge in [-0.3, -0.25) is 9.59 Å². The first kappa shape index (κ1) is 21.5. The van der Waals surface area contributed by atoms with E-state index in [0.29, 0.717) is 11.5 Å². The monoisotopic (exact) mass is 367 g/mol. The third-order valence-corrected chi connectivity index (χ3v) is 4.74. The maximum absolute atomic E-state index is 12.7. The minimum atomic E-state index is -0.529. The number of hydrogen-bond donors (Lipinski definition) is 3. The molecule has 0 spiro atoms. The lowest BCUT2D eigenvalue weighted by molar-refractivity contribution is -0.125. The fourth-order valence-electron chi connectivity index (χ4n) is 3.08. The van der Waals surface area contributed by atoms with Crippen LogP contribution in [-0.2, 0) is 4.79 Å². The van der Waals surface area contributed by atoms with E-state index in [1.807, 2.05) is 39.0 Å². The quantitative estimate of drug-likeness (QED) is 0.747. The molecule has 1 aromatic rings. The van der Waals surface area contributed by atoms with Gasteiger partial charge < -0.3 is 16.0 Å². The molecular formula is C19H30ClN3O2. The minimum absolute atomic E-state index is 0. The Morgan fingerprint density at radius 1 is 1.24 bits per heavy atom. The van der Waals surface area contributed by atoms with E-state index in [1.165, 1.54) is 0 Å². The standard InChI is InChI=1S/C19H29N3O2.ClH/c1-12(2)17(19(24)21-16-9-10-20-11-14(16)4)22-18(23)15-8-6-5-7-13(15)3;/h5-8,12,14,16-17,20H,9-11H2,1-4H3,(H,21,24)(H,22,23);1H. The molecule has 2 amide bonds. The maximum Gasteiger partial charge on any atom is 0.252 e. The van der Waals surface area contributed by atoms with Gasteiger partial charge in [-0.1, -0.05) is 39.0 Å². The molecule has 1 fully saturated rings. The van der Waals surface area contributed by atoms with Gasteiger partial charge >= 0.3 is 0 Å². The minimum Gasteiger partial charge on any atom is -0.351 e. The van der Waals surface area contributed by atoms with Crippen molar-refractivity contribution in [3.8, 4) is 0 Å². The molecule has 2 rings (SSSR count). The molecule has 1 aromatic carbocycles. The zero-order valence-corrected chi connectivity index (χ0v) is 16.3. The van der Waals surface area contributed by atoms with Crippen molar-refractivity contribution >= 4 is 24.2 Å². The fourth-order valence-corrected chi connectivity index (χ4v) is 3.08. The number of hydrogen-bond acceptors (Lipinski definition) is 3. The molecule has 3 N–H and O–H groups in total. The highest BCUT2D eigenvalue weighted by Gasteiger charge is 2.29. The summed E-state index contributed by atoms with van der Waals surface area (Å²) in [5, 5.41) is 9.37. The number of carbonyl (C=O) groups is 2. The summed E-state index contributed by atoms with van der Waals surface area (Å²) in [4.78, 5) is 25.2. The van der Waals surface area contributed by atoms with E-state index in [-0.39, 0.29) is 36.2 Å². The summed E-state index contributed by atoms with van der Waals surface area (Å²) in [7, 11) is 0. The summed E-state index contributed by atoms with van der Waals surface area (Å²) in [6.45, 7) is 9.76. The molecule has 0 aliphatic carbocycles. The van der Waals surface area contributed by atoms with Crippen molar-refractivity contribution in [1.82, 2.24) is 16.0 Å². The van der Waals surface area contributed by atoms with E-state index >= 15 is 0 Å². The number of benzene rings is 1. The molecule has 1 saturated heterocycles. The molecule has 25 heavy (non-hydrogen) atoms. The lowest BCUT2D eigenvalue weighted by Gasteiger charge is -2.32. The molecule has 6 heteroatoms. The van der Waals surface area contributed by atoms with Gasteiger partial charge in [0.1, 0.15) is 6.04 Å². The topological polar surface area (TPSA) is 70.2 Å². The highest BCUT2D eigenvalue weighted by molar-refractivity contribution is 5.98. The highest BCUT2D eigenvalue weighted by atomic mass is 35.5. The van der Waals surface area contributed by atoms with Crippen LogP contribution < -0.4 is 16.0 Å². The Hall–Kier alpha value is -1.59. The summed E-state index contributed by atoms with van der Waals surface area (Å²) < 4.78 is 0. The Balaban J connectivity index is 0.00000312. The first-order valence-corrected chi connectivity index (χ1v) is 8.77. The Labute approximate surface area is 156 Å². The van der Waals surface area contributed by atoms with E-state index in [0.717, 1.165) is 25.1 Å². The number of carbonyl (C=O) groups excluding carboxylic acids is 2. The highest BCUT2D eigenvalue weighted by Crippen LogP contribution is 2.13. The van der Waals surface area contributed by atoms with Gasteiger partial charge in [-0.2, -0.15) is 0 Å². The van der Waals surface area contributed by atoms with E-state index in [4.69, 9.17) is 0 Å². The molecule has 1 aliphatic heterocycles. The Kier molecular flexibility index (Phi) is 8.39. The molecular weight excluding hydrogens is 338 g/mol. The predicted octanol–water partition coefficient (Wildman–Crippen LogP) is 2.29. The smallest absolute Gasteiger partial charge is 0.252 e. The maximum atomic E-state index is 12.7. The largest absolute Gasteiger partial charge is 0.351 e. The average molecular weight is 368 g/mol. The fraction of sp³-hybridized carbons (Fsp3) is 0.579. The van der Waals surface area contributed by atoms with Gasteiger partial charge in [-0.05, 0) is 49.9 Å². The average Bonchev–Trinajstić information content (AvgIpc) is 2.54. The number of aryl methyl sites for hydroxylation is 1. The van der Waals surface area contributed by atoms with Gasteiger partial charge in [0.15, 0.2) is 0 Å². The van der Waals surface area contributed by atoms with Crippen LogP contribution in [-0.4, -0.2) is 37.0 Å². The third-order valence-electron chi connectivity index (χ3n) is 4.74. The molecule has 0 aromatic heterocycles. The zero-order valence-electron chi connectivity index (χ0n) is 15.5. The van der Waals surface area contributed by atoms with Crippen LogP contribution in [0.1, 0.15) is 43.1 Å². The van der Waals surface area contributed by atoms with Crippen molar-refractivity contribution in [2.45, 2.75) is 46.2 Å². The molecule has 0 saturated carbocycles. The number of piperidine rings is 1. The van der Waals surface area contributed by atoms with Gasteiger partial charge in [0.2, 0.25) is 5.91 Å². The number of halogens is 1. The van der Waals surface area contributed by atoms with Crippen LogP contribution in [0.15, 0.2) is 24.3 Å². The van der Waals surface area contributed by atoms with Crippen LogP contribution in [0.4, 0.5) is 0 Å². The molecule has 3 unspecified atom stereocenters. The Bertz CT molecular complexity index is 592. The molecule has 5 nitrogen and oxygen atoms in total. The second kappa shape index (κ2) is 9.78. The lowest BCUT2D eigenvalue weighted by Crippen LogP contribution is -2.55. The van der Waals surface area contributed by atoms with Gasteiger partial charge in [0.25, 0.3) is 5.91 Å². The summed E-state index contributed by atoms with van der Waals surface area (Å²) in [5.74, 6) is 0.128. The van der Waals surface area contributed by atoms with Crippen molar-refractivity contribution in [1.29, 1.82) is 0 Å². The second-order valence-corrected chi connectivity index (χ2v) is 7.10. The molecule has 0 bridgehead atoms. The summed E-state index contributed by atoms with van der Waals surface area (Å²) in [6, 6.07) is 7.06. The summed E-state index contributed by atoms with van der Waals surface area (Å²) in [6.07, 6.45) is 0.920. The van der Waals surface area contributed by atoms with Crippen molar-refractivity contribution in [3.63, 3.8) is 0 Å². The Morgan fingerprint density at radius 3 is 2.52 bits per heavy atom. The summed E-state index contributed by atoms with van der Waals surface area (Å²) in [5.41, 5.74) is 1.52. The molecule has 1 aliphatic rings. The van der Waals surface area contributed by atoms with Gasteiger partial charge in [-0.15, -0.1) is 12.4 Å². The lowest BCUT2D eigenvalue weighted by atomic mass is 9.94. The van der Waals surface area contributed by atoms with Crippen LogP contribution in [0.3, 0.4) is 0 Å². The van der Waals surface area contributed by atoms with E-state index in [2.05, 4.69) is 22.9 Å². The first-order chi connectivity index (χ1) is 11.4. The number of nitrogens with one attached hydrogen (secondary N) is 3. The van der Waals surface area contributed by atoms with Gasteiger partial charge in [0.05, 0.1) is 0 Å². The number of rotatable bonds is 5. The van der Waals surface area contributed by atoms with Crippen molar-refractivity contribution in [2.24, 2.45) is 11.8 Å². The van der Waals surface area contributed by atoms with Gasteiger partial charge in [-0.25, -0.2) is 0 Å². The third kappa shape index (κ3) is 5.72. The van der Waals surface area contributed by atoms with Crippen molar-refractivity contribution in [3.05, 3.63) is 35.4 Å². The van der Waals surface area contributed by atoms with E-state index < -0.39 is 6.04 Å². The van der Waals surface area contributed by atoms with E-state index in [1.54, 1.807) is 6.07 Å². The second-order valence-electron chi connectivity index (χ2n) is 7.10. The normalized spacial score (nSPS) is 21.2. The molecule has 140 valence electrons. The zero-order chi connectivity index (χ0) is 17.7. The number of amides is 2. The molecule has 0 radical (unpaired) electrons. The van der Waals surface area contributed by atoms with Crippen molar-refractivity contribution in [2.75, 3.05) is 13.1 Å². The van der Waals surface area contributed by atoms with Crippen LogP contribution in [0, 0.1) is 18.8 Å². The molecule has 3 atom stereocenters.